The van der Waals surface area contributed by atoms with Gasteiger partial charge in [0, 0.05) is 17.7 Å². The van der Waals surface area contributed by atoms with Crippen LogP contribution in [0.15, 0.2) is 42.5 Å². The van der Waals surface area contributed by atoms with Crippen LogP contribution in [0.2, 0.25) is 0 Å². The molecule has 0 radical (unpaired) electrons. The predicted octanol–water partition coefficient (Wildman–Crippen LogP) is 1.42. The lowest BCUT2D eigenvalue weighted by Gasteiger charge is -2.31. The molecule has 3 rings (SSSR count). The minimum atomic E-state index is -0.362. The number of hydrogen-bond acceptors (Lipinski definition) is 3. The summed E-state index contributed by atoms with van der Waals surface area (Å²) in [4.78, 5) is 25.8. The number of hydrogen-bond donors (Lipinski definition) is 2. The molecule has 2 aromatic rings. The standard InChI is InChI=1S/C21H24N2O3/c1-14-8-9-15(2)18(10-14)22-20(24)13-23-12-17-7-5-4-6-16(17)11-19(23)21(25)26-3/h4-10,19H,11-13H2,1-3H3,(H,22,24)/p+1/t19-/m0/s1. The number of aryl methyl sites for hydroxylation is 2. The Balaban J connectivity index is 1.76. The van der Waals surface area contributed by atoms with Crippen LogP contribution in [-0.2, 0) is 27.3 Å². The molecule has 5 heteroatoms. The summed E-state index contributed by atoms with van der Waals surface area (Å²) in [5.74, 6) is -0.365. The lowest BCUT2D eigenvalue weighted by molar-refractivity contribution is -0.924. The van der Waals surface area contributed by atoms with Gasteiger partial charge in [0.05, 0.1) is 7.11 Å². The number of esters is 1. The number of carbonyl (C=O) groups excluding carboxylic acids is 2. The molecule has 2 aromatic carbocycles. The fraction of sp³-hybridized carbons (Fsp3) is 0.333. The van der Waals surface area contributed by atoms with Gasteiger partial charge < -0.3 is 15.0 Å². The van der Waals surface area contributed by atoms with Crippen LogP contribution in [0.5, 0.6) is 0 Å². The third-order valence-electron chi connectivity index (χ3n) is 4.99. The van der Waals surface area contributed by atoms with Crippen molar-refractivity contribution in [2.45, 2.75) is 32.9 Å². The zero-order valence-electron chi connectivity index (χ0n) is 15.5. The van der Waals surface area contributed by atoms with Crippen molar-refractivity contribution in [3.05, 3.63) is 64.7 Å². The summed E-state index contributed by atoms with van der Waals surface area (Å²) in [6, 6.07) is 13.7. The summed E-state index contributed by atoms with van der Waals surface area (Å²) >= 11 is 0. The fourth-order valence-corrected chi connectivity index (χ4v) is 3.51. The Kier molecular flexibility index (Phi) is 5.38. The van der Waals surface area contributed by atoms with E-state index in [-0.39, 0.29) is 24.5 Å². The Morgan fingerprint density at radius 2 is 1.88 bits per heavy atom. The quantitative estimate of drug-likeness (QED) is 0.818. The maximum atomic E-state index is 12.6. The largest absolute Gasteiger partial charge is 0.465 e. The molecule has 2 N–H and O–H groups in total. The van der Waals surface area contributed by atoms with Gasteiger partial charge in [0.25, 0.3) is 5.91 Å². The maximum absolute atomic E-state index is 12.6. The van der Waals surface area contributed by atoms with Gasteiger partial charge in [-0.1, -0.05) is 36.4 Å². The normalized spacial score (nSPS) is 18.7. The number of ether oxygens (including phenoxy) is 1. The van der Waals surface area contributed by atoms with Crippen molar-refractivity contribution >= 4 is 17.6 Å². The number of nitrogens with one attached hydrogen (secondary N) is 2. The first kappa shape index (κ1) is 18.1. The molecular formula is C21H25N2O3+. The molecule has 0 aliphatic carbocycles. The minimum absolute atomic E-state index is 0.0954. The number of amides is 1. The Morgan fingerprint density at radius 1 is 1.15 bits per heavy atom. The second-order valence-electron chi connectivity index (χ2n) is 6.93. The van der Waals surface area contributed by atoms with Crippen LogP contribution < -0.4 is 10.2 Å². The highest BCUT2D eigenvalue weighted by Gasteiger charge is 2.37. The number of benzene rings is 2. The molecule has 0 saturated carbocycles. The molecule has 2 atom stereocenters. The molecule has 26 heavy (non-hydrogen) atoms. The molecular weight excluding hydrogens is 328 g/mol. The molecule has 1 amide bonds. The Bertz CT molecular complexity index is 832. The molecule has 5 nitrogen and oxygen atoms in total. The summed E-state index contributed by atoms with van der Waals surface area (Å²) in [7, 11) is 1.40. The van der Waals surface area contributed by atoms with Gasteiger partial charge in [-0.15, -0.1) is 0 Å². The summed E-state index contributed by atoms with van der Waals surface area (Å²) in [5.41, 5.74) is 5.27. The van der Waals surface area contributed by atoms with Crippen molar-refractivity contribution in [3.63, 3.8) is 0 Å². The highest BCUT2D eigenvalue weighted by Crippen LogP contribution is 2.17. The van der Waals surface area contributed by atoms with Gasteiger partial charge in [-0.3, -0.25) is 4.79 Å². The Morgan fingerprint density at radius 3 is 2.62 bits per heavy atom. The highest BCUT2D eigenvalue weighted by molar-refractivity contribution is 5.92. The number of carbonyl (C=O) groups is 2. The van der Waals surface area contributed by atoms with Gasteiger partial charge in [0.15, 0.2) is 12.6 Å². The minimum Gasteiger partial charge on any atom is -0.465 e. The molecule has 1 heterocycles. The van der Waals surface area contributed by atoms with Gasteiger partial charge in [-0.25, -0.2) is 4.79 Å². The lowest BCUT2D eigenvalue weighted by atomic mass is 9.94. The number of quaternary nitrogens is 1. The van der Waals surface area contributed by atoms with Crippen LogP contribution in [0, 0.1) is 13.8 Å². The average molecular weight is 353 g/mol. The van der Waals surface area contributed by atoms with E-state index < -0.39 is 0 Å². The van der Waals surface area contributed by atoms with Crippen LogP contribution in [0.3, 0.4) is 0 Å². The van der Waals surface area contributed by atoms with Crippen LogP contribution in [0.4, 0.5) is 5.69 Å². The zero-order valence-corrected chi connectivity index (χ0v) is 15.5. The molecule has 1 aliphatic heterocycles. The highest BCUT2D eigenvalue weighted by atomic mass is 16.5. The fourth-order valence-electron chi connectivity index (χ4n) is 3.51. The van der Waals surface area contributed by atoms with Crippen molar-refractivity contribution in [2.24, 2.45) is 0 Å². The number of fused-ring (bicyclic) bond motifs is 1. The zero-order chi connectivity index (χ0) is 18.7. The van der Waals surface area contributed by atoms with Gasteiger partial charge in [0.2, 0.25) is 0 Å². The Hall–Kier alpha value is -2.66. The van der Waals surface area contributed by atoms with E-state index in [1.54, 1.807) is 0 Å². The third-order valence-corrected chi connectivity index (χ3v) is 4.99. The smallest absolute Gasteiger partial charge is 0.365 e. The molecule has 136 valence electrons. The van der Waals surface area contributed by atoms with Crippen LogP contribution >= 0.6 is 0 Å². The van der Waals surface area contributed by atoms with E-state index in [1.165, 1.54) is 12.7 Å². The third kappa shape index (κ3) is 3.94. The van der Waals surface area contributed by atoms with Gasteiger partial charge >= 0.3 is 5.97 Å². The first-order valence-corrected chi connectivity index (χ1v) is 8.84. The number of anilines is 1. The van der Waals surface area contributed by atoms with E-state index in [1.807, 2.05) is 50.2 Å². The summed E-state index contributed by atoms with van der Waals surface area (Å²) in [6.45, 7) is 4.82. The van der Waals surface area contributed by atoms with E-state index in [2.05, 4.69) is 11.4 Å². The van der Waals surface area contributed by atoms with Crippen molar-refractivity contribution in [2.75, 3.05) is 19.0 Å². The molecule has 0 aromatic heterocycles. The van der Waals surface area contributed by atoms with Crippen molar-refractivity contribution in [1.29, 1.82) is 0 Å². The monoisotopic (exact) mass is 353 g/mol. The van der Waals surface area contributed by atoms with Crippen LogP contribution in [-0.4, -0.2) is 31.6 Å². The average Bonchev–Trinajstić information content (AvgIpc) is 2.63. The van der Waals surface area contributed by atoms with Crippen LogP contribution in [0.1, 0.15) is 22.3 Å². The van der Waals surface area contributed by atoms with E-state index in [4.69, 9.17) is 4.74 Å². The topological polar surface area (TPSA) is 59.8 Å². The van der Waals surface area contributed by atoms with E-state index in [0.29, 0.717) is 13.0 Å². The second kappa shape index (κ2) is 7.70. The number of rotatable bonds is 4. The second-order valence-corrected chi connectivity index (χ2v) is 6.93. The molecule has 0 saturated heterocycles. The summed E-state index contributed by atoms with van der Waals surface area (Å²) < 4.78 is 4.98. The van der Waals surface area contributed by atoms with Crippen molar-refractivity contribution in [3.8, 4) is 0 Å². The SMILES string of the molecule is COC(=O)[C@@H]1Cc2ccccc2C[NH+]1CC(=O)Nc1cc(C)ccc1C. The molecule has 1 aliphatic rings. The predicted molar refractivity (Wildman–Crippen MR) is 100 cm³/mol. The first-order chi connectivity index (χ1) is 12.5. The van der Waals surface area contributed by atoms with Gasteiger partial charge in [-0.05, 0) is 36.6 Å². The molecule has 0 spiro atoms. The van der Waals surface area contributed by atoms with Gasteiger partial charge in [-0.2, -0.15) is 0 Å². The van der Waals surface area contributed by atoms with Crippen molar-refractivity contribution in [1.82, 2.24) is 0 Å². The van der Waals surface area contributed by atoms with E-state index in [9.17, 15) is 9.59 Å². The summed E-state index contributed by atoms with van der Waals surface area (Å²) in [5, 5.41) is 2.99. The lowest BCUT2D eigenvalue weighted by Crippen LogP contribution is -3.17. The molecule has 1 unspecified atom stereocenters. The number of methoxy groups -OCH3 is 1. The first-order valence-electron chi connectivity index (χ1n) is 8.84. The van der Waals surface area contributed by atoms with E-state index in [0.717, 1.165) is 27.3 Å². The molecule has 0 bridgehead atoms. The maximum Gasteiger partial charge on any atom is 0.365 e. The van der Waals surface area contributed by atoms with Crippen molar-refractivity contribution < 1.29 is 19.2 Å². The summed E-state index contributed by atoms with van der Waals surface area (Å²) in [6.07, 6.45) is 0.592. The Labute approximate surface area is 154 Å². The molecule has 0 fully saturated rings. The van der Waals surface area contributed by atoms with Gasteiger partial charge in [0.1, 0.15) is 6.54 Å². The van der Waals surface area contributed by atoms with E-state index >= 15 is 0 Å². The van der Waals surface area contributed by atoms with Crippen LogP contribution in [0.25, 0.3) is 0 Å².